The van der Waals surface area contributed by atoms with E-state index in [9.17, 15) is 4.79 Å². The molecule has 0 saturated heterocycles. The maximum Gasteiger partial charge on any atom is 0.341 e. The first-order valence-electron chi connectivity index (χ1n) is 6.91. The van der Waals surface area contributed by atoms with Crippen LogP contribution in [0.2, 0.25) is 0 Å². The molecule has 0 fully saturated rings. The molecule has 0 aliphatic carbocycles. The molecule has 3 aromatic rings. The number of carbonyl (C=O) groups excluding carboxylic acids is 1. The third kappa shape index (κ3) is 2.59. The van der Waals surface area contributed by atoms with Gasteiger partial charge in [0, 0.05) is 5.69 Å². The van der Waals surface area contributed by atoms with E-state index in [1.165, 1.54) is 7.11 Å². The number of nitrogens with one attached hydrogen (secondary N) is 1. The molecule has 110 valence electrons. The molecule has 3 rings (SSSR count). The molecular formula is C18H16N2O2. The molecule has 2 aromatic carbocycles. The van der Waals surface area contributed by atoms with Crippen LogP contribution in [-0.2, 0) is 4.74 Å². The summed E-state index contributed by atoms with van der Waals surface area (Å²) in [6, 6.07) is 19.9. The quantitative estimate of drug-likeness (QED) is 0.723. The molecule has 0 unspecified atom stereocenters. The number of ether oxygens (including phenoxy) is 1. The van der Waals surface area contributed by atoms with Gasteiger partial charge >= 0.3 is 5.97 Å². The highest BCUT2D eigenvalue weighted by Gasteiger charge is 2.14. The van der Waals surface area contributed by atoms with Crippen LogP contribution in [0.5, 0.6) is 0 Å². The lowest BCUT2D eigenvalue weighted by molar-refractivity contribution is 0.0602. The Morgan fingerprint density at radius 1 is 0.955 bits per heavy atom. The van der Waals surface area contributed by atoms with Gasteiger partial charge in [-0.1, -0.05) is 54.6 Å². The molecule has 0 amide bonds. The van der Waals surface area contributed by atoms with Crippen LogP contribution in [0.1, 0.15) is 10.4 Å². The van der Waals surface area contributed by atoms with E-state index in [0.29, 0.717) is 11.4 Å². The van der Waals surface area contributed by atoms with Gasteiger partial charge in [-0.25, -0.2) is 4.79 Å². The summed E-state index contributed by atoms with van der Waals surface area (Å²) in [6.07, 6.45) is 0. The second kappa shape index (κ2) is 5.77. The third-order valence-electron chi connectivity index (χ3n) is 3.56. The molecule has 1 heterocycles. The largest absolute Gasteiger partial charge is 0.465 e. The summed E-state index contributed by atoms with van der Waals surface area (Å²) in [6.45, 7) is 0. The first-order chi connectivity index (χ1) is 10.7. The SMILES string of the molecule is COC(=O)c1cc(-c2ccc(-c3ccccc3)cc2)[nH]c1N. The summed E-state index contributed by atoms with van der Waals surface area (Å²) >= 11 is 0. The van der Waals surface area contributed by atoms with Gasteiger partial charge in [0.25, 0.3) is 0 Å². The Morgan fingerprint density at radius 2 is 1.55 bits per heavy atom. The molecular weight excluding hydrogens is 276 g/mol. The zero-order valence-electron chi connectivity index (χ0n) is 12.2. The van der Waals surface area contributed by atoms with Gasteiger partial charge in [-0.05, 0) is 22.8 Å². The Morgan fingerprint density at radius 3 is 2.18 bits per heavy atom. The van der Waals surface area contributed by atoms with Crippen LogP contribution in [0.25, 0.3) is 22.4 Å². The van der Waals surface area contributed by atoms with Crippen molar-refractivity contribution in [3.8, 4) is 22.4 Å². The number of nitrogens with two attached hydrogens (primary N) is 1. The van der Waals surface area contributed by atoms with Crippen LogP contribution in [0, 0.1) is 0 Å². The van der Waals surface area contributed by atoms with Gasteiger partial charge < -0.3 is 15.5 Å². The van der Waals surface area contributed by atoms with Gasteiger partial charge in [0.2, 0.25) is 0 Å². The number of anilines is 1. The number of benzene rings is 2. The zero-order chi connectivity index (χ0) is 15.5. The number of hydrogen-bond donors (Lipinski definition) is 2. The molecule has 4 nitrogen and oxygen atoms in total. The maximum atomic E-state index is 11.6. The predicted octanol–water partition coefficient (Wildman–Crippen LogP) is 3.72. The minimum atomic E-state index is -0.444. The van der Waals surface area contributed by atoms with Crippen molar-refractivity contribution in [2.75, 3.05) is 12.8 Å². The van der Waals surface area contributed by atoms with Crippen molar-refractivity contribution in [3.05, 3.63) is 66.2 Å². The first-order valence-corrected chi connectivity index (χ1v) is 6.91. The monoisotopic (exact) mass is 292 g/mol. The Labute approximate surface area is 128 Å². The molecule has 0 aliphatic rings. The lowest BCUT2D eigenvalue weighted by Gasteiger charge is -2.03. The number of aromatic amines is 1. The highest BCUT2D eigenvalue weighted by atomic mass is 16.5. The second-order valence-electron chi connectivity index (χ2n) is 4.95. The summed E-state index contributed by atoms with van der Waals surface area (Å²) in [4.78, 5) is 14.6. The molecule has 0 saturated carbocycles. The van der Waals surface area contributed by atoms with Crippen LogP contribution in [0.3, 0.4) is 0 Å². The van der Waals surface area contributed by atoms with Crippen molar-refractivity contribution in [3.63, 3.8) is 0 Å². The van der Waals surface area contributed by atoms with Crippen LogP contribution in [-0.4, -0.2) is 18.1 Å². The number of methoxy groups -OCH3 is 1. The van der Waals surface area contributed by atoms with E-state index in [-0.39, 0.29) is 0 Å². The van der Waals surface area contributed by atoms with Gasteiger partial charge in [0.1, 0.15) is 11.4 Å². The predicted molar refractivity (Wildman–Crippen MR) is 87.4 cm³/mol. The van der Waals surface area contributed by atoms with Gasteiger partial charge in [-0.15, -0.1) is 0 Å². The number of aromatic nitrogens is 1. The van der Waals surface area contributed by atoms with Gasteiger partial charge in [0.15, 0.2) is 0 Å². The maximum absolute atomic E-state index is 11.6. The number of rotatable bonds is 3. The normalized spacial score (nSPS) is 10.4. The topological polar surface area (TPSA) is 68.1 Å². The first kappa shape index (κ1) is 13.9. The third-order valence-corrected chi connectivity index (χ3v) is 3.56. The molecule has 22 heavy (non-hydrogen) atoms. The van der Waals surface area contributed by atoms with E-state index in [2.05, 4.69) is 17.1 Å². The molecule has 0 aliphatic heterocycles. The molecule has 0 spiro atoms. The minimum Gasteiger partial charge on any atom is -0.465 e. The molecule has 0 bridgehead atoms. The fourth-order valence-corrected chi connectivity index (χ4v) is 2.38. The fourth-order valence-electron chi connectivity index (χ4n) is 2.38. The van der Waals surface area contributed by atoms with Gasteiger partial charge in [0.05, 0.1) is 7.11 Å². The van der Waals surface area contributed by atoms with Crippen LogP contribution in [0.15, 0.2) is 60.7 Å². The number of carbonyl (C=O) groups is 1. The number of H-pyrrole nitrogens is 1. The van der Waals surface area contributed by atoms with E-state index in [0.717, 1.165) is 22.4 Å². The Bertz CT molecular complexity index is 790. The highest BCUT2D eigenvalue weighted by molar-refractivity contribution is 5.96. The van der Waals surface area contributed by atoms with Crippen molar-refractivity contribution in [2.45, 2.75) is 0 Å². The second-order valence-corrected chi connectivity index (χ2v) is 4.95. The summed E-state index contributed by atoms with van der Waals surface area (Å²) in [7, 11) is 1.34. The average Bonchev–Trinajstić information content (AvgIpc) is 2.97. The van der Waals surface area contributed by atoms with Crippen LogP contribution in [0.4, 0.5) is 5.82 Å². The summed E-state index contributed by atoms with van der Waals surface area (Å²) in [5, 5.41) is 0. The van der Waals surface area contributed by atoms with E-state index < -0.39 is 5.97 Å². The van der Waals surface area contributed by atoms with E-state index >= 15 is 0 Å². The molecule has 3 N–H and O–H groups in total. The van der Waals surface area contributed by atoms with Crippen molar-refractivity contribution in [1.82, 2.24) is 4.98 Å². The lowest BCUT2D eigenvalue weighted by atomic mass is 10.0. The average molecular weight is 292 g/mol. The van der Waals surface area contributed by atoms with Crippen molar-refractivity contribution >= 4 is 11.8 Å². The summed E-state index contributed by atoms with van der Waals surface area (Å²) in [5.74, 6) is -0.130. The molecule has 1 aromatic heterocycles. The van der Waals surface area contributed by atoms with Crippen molar-refractivity contribution < 1.29 is 9.53 Å². The Kier molecular flexibility index (Phi) is 3.66. The number of nitrogen functional groups attached to an aromatic ring is 1. The summed E-state index contributed by atoms with van der Waals surface area (Å²) in [5.41, 5.74) is 10.2. The fraction of sp³-hybridized carbons (Fsp3) is 0.0556. The molecule has 0 atom stereocenters. The van der Waals surface area contributed by atoms with E-state index in [4.69, 9.17) is 10.5 Å². The summed E-state index contributed by atoms with van der Waals surface area (Å²) < 4.78 is 4.70. The van der Waals surface area contributed by atoms with Crippen LogP contribution < -0.4 is 5.73 Å². The van der Waals surface area contributed by atoms with Crippen LogP contribution >= 0.6 is 0 Å². The smallest absolute Gasteiger partial charge is 0.341 e. The van der Waals surface area contributed by atoms with Gasteiger partial charge in [-0.3, -0.25) is 0 Å². The minimum absolute atomic E-state index is 0.314. The Hall–Kier alpha value is -3.01. The highest BCUT2D eigenvalue weighted by Crippen LogP contribution is 2.27. The molecule has 4 heteroatoms. The van der Waals surface area contributed by atoms with Gasteiger partial charge in [-0.2, -0.15) is 0 Å². The number of hydrogen-bond acceptors (Lipinski definition) is 3. The molecule has 0 radical (unpaired) electrons. The van der Waals surface area contributed by atoms with Crippen molar-refractivity contribution in [2.24, 2.45) is 0 Å². The zero-order valence-corrected chi connectivity index (χ0v) is 12.2. The van der Waals surface area contributed by atoms with E-state index in [1.807, 2.05) is 42.5 Å². The van der Waals surface area contributed by atoms with Crippen molar-refractivity contribution in [1.29, 1.82) is 0 Å². The Balaban J connectivity index is 1.92. The lowest BCUT2D eigenvalue weighted by Crippen LogP contribution is -2.02. The standard InChI is InChI=1S/C18H16N2O2/c1-22-18(21)15-11-16(20-17(15)19)14-9-7-13(8-10-14)12-5-3-2-4-6-12/h2-11,20H,19H2,1H3. The van der Waals surface area contributed by atoms with E-state index in [1.54, 1.807) is 6.07 Å². The number of esters is 1.